The van der Waals surface area contributed by atoms with Crippen molar-refractivity contribution < 1.29 is 21.2 Å². The fourth-order valence-electron chi connectivity index (χ4n) is 1.55. The van der Waals surface area contributed by atoms with Crippen molar-refractivity contribution in [2.24, 2.45) is 5.41 Å². The van der Waals surface area contributed by atoms with Crippen LogP contribution in [0.5, 0.6) is 0 Å². The Balaban J connectivity index is 3.05. The van der Waals surface area contributed by atoms with Crippen LogP contribution >= 0.6 is 10.7 Å². The average Bonchev–Trinajstić information content (AvgIpc) is 2.09. The lowest BCUT2D eigenvalue weighted by molar-refractivity contribution is 0.463. The highest BCUT2D eigenvalue weighted by Gasteiger charge is 2.22. The van der Waals surface area contributed by atoms with E-state index in [0.717, 1.165) is 18.2 Å². The molecule has 1 aromatic carbocycles. The van der Waals surface area contributed by atoms with Crippen LogP contribution in [-0.4, -0.2) is 22.6 Å². The van der Waals surface area contributed by atoms with Gasteiger partial charge in [0.2, 0.25) is 10.0 Å². The van der Waals surface area contributed by atoms with E-state index >= 15 is 0 Å². The van der Waals surface area contributed by atoms with E-state index in [9.17, 15) is 21.2 Å². The summed E-state index contributed by atoms with van der Waals surface area (Å²) in [5.74, 6) is -1.27. The van der Waals surface area contributed by atoms with Gasteiger partial charge in [-0.2, -0.15) is 0 Å². The van der Waals surface area contributed by atoms with Crippen molar-refractivity contribution in [3.05, 3.63) is 24.0 Å². The van der Waals surface area contributed by atoms with Crippen molar-refractivity contribution in [2.75, 3.05) is 10.5 Å². The molecule has 0 aromatic heterocycles. The summed E-state index contributed by atoms with van der Waals surface area (Å²) in [5, 5.41) is 0. The Kier molecular flexibility index (Phi) is 4.72. The molecule has 1 aromatic rings. The Bertz CT molecular complexity index is 708. The molecule has 9 heteroatoms. The van der Waals surface area contributed by atoms with Crippen molar-refractivity contribution in [1.82, 2.24) is 0 Å². The third-order valence-electron chi connectivity index (χ3n) is 2.09. The second-order valence-corrected chi connectivity index (χ2v) is 9.76. The molecule has 20 heavy (non-hydrogen) atoms. The van der Waals surface area contributed by atoms with Crippen LogP contribution in [0.4, 0.5) is 10.1 Å². The molecular weight excluding hydrogens is 329 g/mol. The predicted octanol–water partition coefficient (Wildman–Crippen LogP) is 2.54. The average molecular weight is 344 g/mol. The number of anilines is 1. The number of halogens is 2. The van der Waals surface area contributed by atoms with Gasteiger partial charge in [0.15, 0.2) is 0 Å². The molecule has 0 amide bonds. The number of nitrogens with one attached hydrogen (secondary N) is 1. The molecule has 1 rings (SSSR count). The molecule has 0 heterocycles. The molecule has 0 aliphatic carbocycles. The fraction of sp³-hybridized carbons (Fsp3) is 0.455. The highest BCUT2D eigenvalue weighted by atomic mass is 35.7. The fourth-order valence-corrected chi connectivity index (χ4v) is 4.14. The number of hydrogen-bond acceptors (Lipinski definition) is 4. The quantitative estimate of drug-likeness (QED) is 0.852. The highest BCUT2D eigenvalue weighted by molar-refractivity contribution is 8.13. The van der Waals surface area contributed by atoms with E-state index in [1.165, 1.54) is 0 Å². The van der Waals surface area contributed by atoms with Gasteiger partial charge in [-0.3, -0.25) is 4.72 Å². The van der Waals surface area contributed by atoms with Crippen LogP contribution in [0.25, 0.3) is 0 Å². The molecule has 0 radical (unpaired) electrons. The monoisotopic (exact) mass is 343 g/mol. The lowest BCUT2D eigenvalue weighted by atomic mass is 10.0. The maximum atomic E-state index is 13.6. The zero-order chi connectivity index (χ0) is 15.8. The summed E-state index contributed by atoms with van der Waals surface area (Å²) in [6.07, 6.45) is 0. The molecule has 0 saturated heterocycles. The standard InChI is InChI=1S/C11H15ClFNO4S2/c1-11(2,3)7-19(15,16)14-8-4-5-10(9(13)6-8)20(12,17)18/h4-6,14H,7H2,1-3H3. The molecule has 5 nitrogen and oxygen atoms in total. The first-order valence-corrected chi connectivity index (χ1v) is 9.51. The molecule has 0 aliphatic rings. The first-order valence-electron chi connectivity index (χ1n) is 5.55. The van der Waals surface area contributed by atoms with Gasteiger partial charge in [0, 0.05) is 10.7 Å². The van der Waals surface area contributed by atoms with Crippen molar-refractivity contribution in [2.45, 2.75) is 25.7 Å². The molecule has 0 fully saturated rings. The summed E-state index contributed by atoms with van der Waals surface area (Å²) in [5.41, 5.74) is -0.528. The summed E-state index contributed by atoms with van der Waals surface area (Å²) in [7, 11) is -2.83. The predicted molar refractivity (Wildman–Crippen MR) is 76.3 cm³/mol. The minimum Gasteiger partial charge on any atom is -0.283 e. The van der Waals surface area contributed by atoms with Gasteiger partial charge >= 0.3 is 0 Å². The summed E-state index contributed by atoms with van der Waals surface area (Å²) in [6, 6.07) is 2.82. The summed E-state index contributed by atoms with van der Waals surface area (Å²) >= 11 is 0. The van der Waals surface area contributed by atoms with Crippen LogP contribution in [0, 0.1) is 11.2 Å². The van der Waals surface area contributed by atoms with Crippen LogP contribution in [0.1, 0.15) is 20.8 Å². The van der Waals surface area contributed by atoms with Gasteiger partial charge in [0.05, 0.1) is 11.4 Å². The second-order valence-electron chi connectivity index (χ2n) is 5.50. The number of benzene rings is 1. The molecule has 0 bridgehead atoms. The Morgan fingerprint density at radius 2 is 1.75 bits per heavy atom. The van der Waals surface area contributed by atoms with Gasteiger partial charge in [-0.25, -0.2) is 21.2 Å². The normalized spacial score (nSPS) is 13.2. The lowest BCUT2D eigenvalue weighted by Gasteiger charge is -2.18. The Morgan fingerprint density at radius 3 is 2.15 bits per heavy atom. The molecule has 0 spiro atoms. The van der Waals surface area contributed by atoms with Crippen molar-refractivity contribution in [3.8, 4) is 0 Å². The van der Waals surface area contributed by atoms with E-state index in [2.05, 4.69) is 4.72 Å². The second kappa shape index (κ2) is 5.50. The van der Waals surface area contributed by atoms with Crippen molar-refractivity contribution >= 4 is 35.4 Å². The summed E-state index contributed by atoms with van der Waals surface area (Å²) < 4.78 is 61.5. The summed E-state index contributed by atoms with van der Waals surface area (Å²) in [6.45, 7) is 5.24. The molecule has 114 valence electrons. The summed E-state index contributed by atoms with van der Waals surface area (Å²) in [4.78, 5) is -0.696. The smallest absolute Gasteiger partial charge is 0.264 e. The molecule has 1 N–H and O–H groups in total. The molecule has 0 unspecified atom stereocenters. The minimum absolute atomic E-state index is 0.0594. The Hall–Kier alpha value is -0.860. The third kappa shape index (κ3) is 5.26. The van der Waals surface area contributed by atoms with E-state index < -0.39 is 35.2 Å². The van der Waals surface area contributed by atoms with Gasteiger partial charge in [-0.15, -0.1) is 0 Å². The maximum absolute atomic E-state index is 13.6. The van der Waals surface area contributed by atoms with Crippen LogP contribution in [0.15, 0.2) is 23.1 Å². The van der Waals surface area contributed by atoms with E-state index in [0.29, 0.717) is 0 Å². The number of sulfonamides is 1. The SMILES string of the molecule is CC(C)(C)CS(=O)(=O)Nc1ccc(S(=O)(=O)Cl)c(F)c1. The topological polar surface area (TPSA) is 80.3 Å². The van der Waals surface area contributed by atoms with Crippen LogP contribution < -0.4 is 4.72 Å². The largest absolute Gasteiger partial charge is 0.283 e. The maximum Gasteiger partial charge on any atom is 0.264 e. The lowest BCUT2D eigenvalue weighted by Crippen LogP contribution is -2.26. The van der Waals surface area contributed by atoms with E-state index in [4.69, 9.17) is 10.7 Å². The van der Waals surface area contributed by atoms with Crippen molar-refractivity contribution in [1.29, 1.82) is 0 Å². The third-order valence-corrected chi connectivity index (χ3v) is 5.24. The van der Waals surface area contributed by atoms with Crippen molar-refractivity contribution in [3.63, 3.8) is 0 Å². The molecule has 0 atom stereocenters. The first kappa shape index (κ1) is 17.2. The Labute approximate surface area is 122 Å². The van der Waals surface area contributed by atoms with E-state index in [-0.39, 0.29) is 11.4 Å². The number of hydrogen-bond donors (Lipinski definition) is 1. The van der Waals surface area contributed by atoms with Crippen LogP contribution in [-0.2, 0) is 19.1 Å². The molecule has 0 aliphatic heterocycles. The van der Waals surface area contributed by atoms with Gasteiger partial charge in [-0.1, -0.05) is 20.8 Å². The Morgan fingerprint density at radius 1 is 1.20 bits per heavy atom. The highest BCUT2D eigenvalue weighted by Crippen LogP contribution is 2.24. The molecular formula is C11H15ClFNO4S2. The zero-order valence-electron chi connectivity index (χ0n) is 11.1. The minimum atomic E-state index is -4.20. The number of rotatable bonds is 4. The molecule has 0 saturated carbocycles. The van der Waals surface area contributed by atoms with Gasteiger partial charge in [0.1, 0.15) is 10.7 Å². The van der Waals surface area contributed by atoms with Gasteiger partial charge in [-0.05, 0) is 23.6 Å². The van der Waals surface area contributed by atoms with Gasteiger partial charge < -0.3 is 0 Å². The zero-order valence-corrected chi connectivity index (χ0v) is 13.5. The first-order chi connectivity index (χ1) is 8.80. The van der Waals surface area contributed by atoms with Crippen LogP contribution in [0.3, 0.4) is 0 Å². The van der Waals surface area contributed by atoms with E-state index in [1.807, 2.05) is 0 Å². The van der Waals surface area contributed by atoms with E-state index in [1.54, 1.807) is 20.8 Å². The van der Waals surface area contributed by atoms with Crippen LogP contribution in [0.2, 0.25) is 0 Å². The van der Waals surface area contributed by atoms with Gasteiger partial charge in [0.25, 0.3) is 9.05 Å².